The SMILES string of the molecule is NS(=O)(=O)NCC1CCCN(c2nc3c(F)cccc3o2)C1. The number of oxazole rings is 1. The van der Waals surface area contributed by atoms with Gasteiger partial charge >= 0.3 is 0 Å². The number of hydrogen-bond acceptors (Lipinski definition) is 5. The van der Waals surface area contributed by atoms with Gasteiger partial charge in [-0.3, -0.25) is 0 Å². The lowest BCUT2D eigenvalue weighted by Crippen LogP contribution is -2.42. The van der Waals surface area contributed by atoms with Gasteiger partial charge in [-0.2, -0.15) is 13.4 Å². The molecule has 1 saturated heterocycles. The average Bonchev–Trinajstić information content (AvgIpc) is 2.90. The first kappa shape index (κ1) is 15.2. The molecule has 1 aliphatic heterocycles. The van der Waals surface area contributed by atoms with Gasteiger partial charge in [-0.1, -0.05) is 6.07 Å². The van der Waals surface area contributed by atoms with Crippen LogP contribution in [0.3, 0.4) is 0 Å². The summed E-state index contributed by atoms with van der Waals surface area (Å²) in [6.07, 6.45) is 1.76. The van der Waals surface area contributed by atoms with E-state index in [1.165, 1.54) is 6.07 Å². The monoisotopic (exact) mass is 328 g/mol. The topological polar surface area (TPSA) is 101 Å². The molecule has 0 bridgehead atoms. The largest absolute Gasteiger partial charge is 0.423 e. The van der Waals surface area contributed by atoms with Crippen LogP contribution in [-0.2, 0) is 10.2 Å². The van der Waals surface area contributed by atoms with E-state index in [4.69, 9.17) is 9.56 Å². The van der Waals surface area contributed by atoms with E-state index in [1.807, 2.05) is 4.90 Å². The molecule has 0 amide bonds. The number of aromatic nitrogens is 1. The van der Waals surface area contributed by atoms with E-state index in [9.17, 15) is 12.8 Å². The first-order valence-corrected chi connectivity index (χ1v) is 8.54. The van der Waals surface area contributed by atoms with Crippen molar-refractivity contribution in [3.05, 3.63) is 24.0 Å². The molecule has 2 aromatic rings. The molecule has 1 aromatic heterocycles. The van der Waals surface area contributed by atoms with Gasteiger partial charge in [-0.25, -0.2) is 14.3 Å². The molecule has 7 nitrogen and oxygen atoms in total. The Morgan fingerprint density at radius 1 is 1.50 bits per heavy atom. The summed E-state index contributed by atoms with van der Waals surface area (Å²) in [4.78, 5) is 6.10. The van der Waals surface area contributed by atoms with Gasteiger partial charge in [0, 0.05) is 19.6 Å². The Morgan fingerprint density at radius 3 is 3.05 bits per heavy atom. The lowest BCUT2D eigenvalue weighted by molar-refractivity contribution is 0.393. The van der Waals surface area contributed by atoms with Crippen molar-refractivity contribution in [1.82, 2.24) is 9.71 Å². The number of anilines is 1. The number of fused-ring (bicyclic) bond motifs is 1. The second-order valence-corrected chi connectivity index (χ2v) is 6.81. The van der Waals surface area contributed by atoms with E-state index in [-0.39, 0.29) is 18.0 Å². The van der Waals surface area contributed by atoms with E-state index in [0.29, 0.717) is 18.1 Å². The van der Waals surface area contributed by atoms with Crippen LogP contribution in [0.1, 0.15) is 12.8 Å². The third kappa shape index (κ3) is 3.37. The minimum absolute atomic E-state index is 0.104. The summed E-state index contributed by atoms with van der Waals surface area (Å²) >= 11 is 0. The zero-order valence-corrected chi connectivity index (χ0v) is 12.6. The van der Waals surface area contributed by atoms with E-state index in [1.54, 1.807) is 12.1 Å². The Hall–Kier alpha value is -1.71. The summed E-state index contributed by atoms with van der Waals surface area (Å²) in [5.41, 5.74) is 0.613. The third-order valence-electron chi connectivity index (χ3n) is 3.72. The Labute approximate surface area is 127 Å². The number of nitrogens with one attached hydrogen (secondary N) is 1. The minimum atomic E-state index is -3.69. The molecule has 3 rings (SSSR count). The molecule has 2 heterocycles. The Balaban J connectivity index is 1.74. The highest BCUT2D eigenvalue weighted by Gasteiger charge is 2.24. The summed E-state index contributed by atoms with van der Waals surface area (Å²) in [7, 11) is -3.69. The van der Waals surface area contributed by atoms with Gasteiger partial charge in [0.2, 0.25) is 0 Å². The van der Waals surface area contributed by atoms with Gasteiger partial charge in [-0.15, -0.1) is 0 Å². The highest BCUT2D eigenvalue weighted by molar-refractivity contribution is 7.87. The van der Waals surface area contributed by atoms with Crippen molar-refractivity contribution in [2.24, 2.45) is 11.1 Å². The average molecular weight is 328 g/mol. The fraction of sp³-hybridized carbons (Fsp3) is 0.462. The molecule has 3 N–H and O–H groups in total. The lowest BCUT2D eigenvalue weighted by atomic mass is 9.99. The number of piperidine rings is 1. The number of rotatable bonds is 4. The van der Waals surface area contributed by atoms with Crippen molar-refractivity contribution >= 4 is 27.3 Å². The molecule has 0 saturated carbocycles. The predicted octanol–water partition coefficient (Wildman–Crippen LogP) is 0.976. The molecule has 1 aromatic carbocycles. The van der Waals surface area contributed by atoms with Crippen molar-refractivity contribution in [1.29, 1.82) is 0 Å². The summed E-state index contributed by atoms with van der Waals surface area (Å²) in [6.45, 7) is 1.58. The number of nitrogens with two attached hydrogens (primary N) is 1. The molecule has 1 aliphatic rings. The van der Waals surface area contributed by atoms with Crippen molar-refractivity contribution < 1.29 is 17.2 Å². The summed E-state index contributed by atoms with van der Waals surface area (Å²) in [5, 5.41) is 4.94. The molecule has 22 heavy (non-hydrogen) atoms. The van der Waals surface area contributed by atoms with E-state index >= 15 is 0 Å². The van der Waals surface area contributed by atoms with Crippen LogP contribution in [0.2, 0.25) is 0 Å². The van der Waals surface area contributed by atoms with Crippen molar-refractivity contribution in [3.8, 4) is 0 Å². The fourth-order valence-electron chi connectivity index (χ4n) is 2.68. The number of nitrogens with zero attached hydrogens (tertiary/aromatic N) is 2. The summed E-state index contributed by atoms with van der Waals surface area (Å²) < 4.78 is 43.5. The van der Waals surface area contributed by atoms with Gasteiger partial charge in [0.15, 0.2) is 11.4 Å². The normalized spacial score (nSPS) is 19.7. The molecule has 0 spiro atoms. The van der Waals surface area contributed by atoms with Crippen molar-refractivity contribution in [3.63, 3.8) is 0 Å². The second kappa shape index (κ2) is 5.82. The number of benzene rings is 1. The first-order chi connectivity index (χ1) is 10.4. The fourth-order valence-corrected chi connectivity index (χ4v) is 3.15. The quantitative estimate of drug-likeness (QED) is 0.871. The highest BCUT2D eigenvalue weighted by Crippen LogP contribution is 2.27. The second-order valence-electron chi connectivity index (χ2n) is 5.43. The lowest BCUT2D eigenvalue weighted by Gasteiger charge is -2.31. The van der Waals surface area contributed by atoms with Crippen LogP contribution >= 0.6 is 0 Å². The molecule has 9 heteroatoms. The van der Waals surface area contributed by atoms with Crippen LogP contribution in [0.15, 0.2) is 22.6 Å². The van der Waals surface area contributed by atoms with Crippen LogP contribution in [0.4, 0.5) is 10.4 Å². The Morgan fingerprint density at radius 2 is 2.32 bits per heavy atom. The zero-order chi connectivity index (χ0) is 15.7. The standard InChI is InChI=1S/C13H17FN4O3S/c14-10-4-1-5-11-12(10)17-13(21-11)18-6-2-3-9(8-18)7-16-22(15,19)20/h1,4-5,9,16H,2-3,6-8H2,(H2,15,19,20). The summed E-state index contributed by atoms with van der Waals surface area (Å²) in [5.74, 6) is -0.316. The van der Waals surface area contributed by atoms with Crippen LogP contribution in [0, 0.1) is 11.7 Å². The van der Waals surface area contributed by atoms with Crippen molar-refractivity contribution in [2.45, 2.75) is 12.8 Å². The third-order valence-corrected chi connectivity index (χ3v) is 4.29. The van der Waals surface area contributed by atoms with Gasteiger partial charge in [-0.05, 0) is 30.9 Å². The van der Waals surface area contributed by atoms with Gasteiger partial charge in [0.05, 0.1) is 0 Å². The molecule has 1 unspecified atom stereocenters. The molecular formula is C13H17FN4O3S. The Bertz CT molecular complexity index is 777. The van der Waals surface area contributed by atoms with E-state index < -0.39 is 16.0 Å². The minimum Gasteiger partial charge on any atom is -0.423 e. The maximum absolute atomic E-state index is 13.7. The molecule has 1 fully saturated rings. The van der Waals surface area contributed by atoms with Gasteiger partial charge in [0.1, 0.15) is 5.52 Å². The Kier molecular flexibility index (Phi) is 4.02. The maximum atomic E-state index is 13.7. The maximum Gasteiger partial charge on any atom is 0.298 e. The smallest absolute Gasteiger partial charge is 0.298 e. The molecular weight excluding hydrogens is 311 g/mol. The molecule has 1 atom stereocenters. The molecule has 120 valence electrons. The van der Waals surface area contributed by atoms with Gasteiger partial charge < -0.3 is 9.32 Å². The van der Waals surface area contributed by atoms with Crippen molar-refractivity contribution in [2.75, 3.05) is 24.5 Å². The van der Waals surface area contributed by atoms with Crippen LogP contribution < -0.4 is 14.8 Å². The van der Waals surface area contributed by atoms with Crippen LogP contribution in [-0.4, -0.2) is 33.0 Å². The van der Waals surface area contributed by atoms with Crippen LogP contribution in [0.5, 0.6) is 0 Å². The molecule has 0 aliphatic carbocycles. The van der Waals surface area contributed by atoms with Crippen LogP contribution in [0.25, 0.3) is 11.1 Å². The van der Waals surface area contributed by atoms with E-state index in [0.717, 1.165) is 19.4 Å². The predicted molar refractivity (Wildman–Crippen MR) is 80.0 cm³/mol. The summed E-state index contributed by atoms with van der Waals surface area (Å²) in [6, 6.07) is 4.94. The number of halogens is 1. The first-order valence-electron chi connectivity index (χ1n) is 7.00. The number of para-hydroxylation sites is 1. The van der Waals surface area contributed by atoms with E-state index in [2.05, 4.69) is 9.71 Å². The van der Waals surface area contributed by atoms with Gasteiger partial charge in [0.25, 0.3) is 16.2 Å². The highest BCUT2D eigenvalue weighted by atomic mass is 32.2. The molecule has 0 radical (unpaired) electrons. The zero-order valence-electron chi connectivity index (χ0n) is 11.8. The number of hydrogen-bond donors (Lipinski definition) is 2.